The van der Waals surface area contributed by atoms with Crippen LogP contribution in [0.5, 0.6) is 5.75 Å². The summed E-state index contributed by atoms with van der Waals surface area (Å²) in [6.45, 7) is 10.4. The van der Waals surface area contributed by atoms with E-state index in [2.05, 4.69) is 39.9 Å². The average Bonchev–Trinajstić information content (AvgIpc) is 2.71. The maximum absolute atomic E-state index is 12.6. The molecule has 1 aliphatic heterocycles. The molecule has 1 aliphatic rings. The van der Waals surface area contributed by atoms with Crippen LogP contribution in [0.2, 0.25) is 0 Å². The highest BCUT2D eigenvalue weighted by Gasteiger charge is 2.18. The van der Waals surface area contributed by atoms with E-state index in [1.54, 1.807) is 0 Å². The van der Waals surface area contributed by atoms with Gasteiger partial charge in [-0.1, -0.05) is 29.8 Å². The smallest absolute Gasteiger partial charge is 0.252 e. The molecule has 0 spiro atoms. The molecular formula is C24H29N3O2. The first-order valence-corrected chi connectivity index (χ1v) is 10.3. The Morgan fingerprint density at radius 1 is 0.966 bits per heavy atom. The van der Waals surface area contributed by atoms with Gasteiger partial charge in [0.25, 0.3) is 5.56 Å². The highest BCUT2D eigenvalue weighted by atomic mass is 16.5. The number of rotatable bonds is 6. The summed E-state index contributed by atoms with van der Waals surface area (Å²) in [5.74, 6) is 0.923. The molecule has 2 aromatic carbocycles. The largest absolute Gasteiger partial charge is 0.492 e. The number of aromatic amines is 1. The zero-order chi connectivity index (χ0) is 20.2. The number of H-pyrrole nitrogens is 1. The molecule has 2 heterocycles. The van der Waals surface area contributed by atoms with E-state index in [9.17, 15) is 4.79 Å². The Bertz CT molecular complexity index is 1020. The second kappa shape index (κ2) is 8.80. The summed E-state index contributed by atoms with van der Waals surface area (Å²) in [6, 6.07) is 16.3. The van der Waals surface area contributed by atoms with Gasteiger partial charge in [0.1, 0.15) is 12.4 Å². The number of hydrogen-bond acceptors (Lipinski definition) is 4. The third kappa shape index (κ3) is 4.86. The topological polar surface area (TPSA) is 48.6 Å². The summed E-state index contributed by atoms with van der Waals surface area (Å²) < 4.78 is 5.81. The van der Waals surface area contributed by atoms with Crippen LogP contribution in [-0.2, 0) is 6.54 Å². The zero-order valence-electron chi connectivity index (χ0n) is 17.3. The number of nitrogens with one attached hydrogen (secondary N) is 1. The lowest BCUT2D eigenvalue weighted by Gasteiger charge is -2.34. The Hall–Kier alpha value is -2.63. The van der Waals surface area contributed by atoms with Crippen LogP contribution in [-0.4, -0.2) is 54.1 Å². The first-order chi connectivity index (χ1) is 14.1. The van der Waals surface area contributed by atoms with Gasteiger partial charge in [0.15, 0.2) is 0 Å². The molecule has 4 rings (SSSR count). The van der Waals surface area contributed by atoms with Crippen molar-refractivity contribution in [2.24, 2.45) is 0 Å². The van der Waals surface area contributed by atoms with Crippen molar-refractivity contribution in [1.82, 2.24) is 14.8 Å². The first kappa shape index (κ1) is 19.7. The van der Waals surface area contributed by atoms with Gasteiger partial charge in [-0.2, -0.15) is 0 Å². The van der Waals surface area contributed by atoms with Gasteiger partial charge in [-0.15, -0.1) is 0 Å². The van der Waals surface area contributed by atoms with Crippen molar-refractivity contribution in [2.75, 3.05) is 39.3 Å². The van der Waals surface area contributed by atoms with Crippen LogP contribution >= 0.6 is 0 Å². The Morgan fingerprint density at radius 2 is 1.69 bits per heavy atom. The number of fused-ring (bicyclic) bond motifs is 1. The molecule has 0 radical (unpaired) electrons. The fraction of sp³-hybridized carbons (Fsp3) is 0.375. The van der Waals surface area contributed by atoms with Crippen molar-refractivity contribution in [2.45, 2.75) is 20.4 Å². The summed E-state index contributed by atoms with van der Waals surface area (Å²) in [5.41, 5.74) is 4.17. The molecule has 1 saturated heterocycles. The molecule has 0 aliphatic carbocycles. The molecular weight excluding hydrogens is 362 g/mol. The van der Waals surface area contributed by atoms with Crippen molar-refractivity contribution < 1.29 is 4.74 Å². The quantitative estimate of drug-likeness (QED) is 0.700. The lowest BCUT2D eigenvalue weighted by Crippen LogP contribution is -2.47. The van der Waals surface area contributed by atoms with E-state index in [0.717, 1.165) is 60.5 Å². The number of aryl methyl sites for hydroxylation is 2. The van der Waals surface area contributed by atoms with Crippen LogP contribution in [0.3, 0.4) is 0 Å². The maximum atomic E-state index is 12.6. The molecule has 152 valence electrons. The molecule has 0 atom stereocenters. The van der Waals surface area contributed by atoms with Gasteiger partial charge in [-0.3, -0.25) is 14.6 Å². The van der Waals surface area contributed by atoms with Crippen molar-refractivity contribution >= 4 is 10.9 Å². The van der Waals surface area contributed by atoms with E-state index in [0.29, 0.717) is 13.2 Å². The second-order valence-corrected chi connectivity index (χ2v) is 7.95. The van der Waals surface area contributed by atoms with E-state index in [1.807, 2.05) is 37.3 Å². The standard InChI is InChI=1S/C24H29N3O2/c1-18-14-19(2)23-20(15-18)16-21(24(28)25-23)17-27-10-8-26(9-11-27)12-13-29-22-6-4-3-5-7-22/h3-7,14-16H,8-13,17H2,1-2H3,(H,25,28). The fourth-order valence-corrected chi connectivity index (χ4v) is 4.07. The van der Waals surface area contributed by atoms with Crippen molar-refractivity contribution in [3.8, 4) is 5.75 Å². The lowest BCUT2D eigenvalue weighted by molar-refractivity contribution is 0.112. The minimum absolute atomic E-state index is 0.0307. The highest BCUT2D eigenvalue weighted by Crippen LogP contribution is 2.19. The van der Waals surface area contributed by atoms with Crippen LogP contribution < -0.4 is 10.3 Å². The Balaban J connectivity index is 1.31. The van der Waals surface area contributed by atoms with Gasteiger partial charge in [0, 0.05) is 44.8 Å². The van der Waals surface area contributed by atoms with Crippen molar-refractivity contribution in [3.05, 3.63) is 75.6 Å². The van der Waals surface area contributed by atoms with Crippen LogP contribution in [0.15, 0.2) is 53.3 Å². The second-order valence-electron chi connectivity index (χ2n) is 7.95. The summed E-state index contributed by atoms with van der Waals surface area (Å²) in [4.78, 5) is 20.5. The van der Waals surface area contributed by atoms with Gasteiger partial charge < -0.3 is 9.72 Å². The SMILES string of the molecule is Cc1cc(C)c2[nH]c(=O)c(CN3CCN(CCOc4ccccc4)CC3)cc2c1. The first-order valence-electron chi connectivity index (χ1n) is 10.3. The molecule has 0 saturated carbocycles. The number of aromatic nitrogens is 1. The fourth-order valence-electron chi connectivity index (χ4n) is 4.07. The summed E-state index contributed by atoms with van der Waals surface area (Å²) in [7, 11) is 0. The molecule has 5 nitrogen and oxygen atoms in total. The van der Waals surface area contributed by atoms with E-state index < -0.39 is 0 Å². The van der Waals surface area contributed by atoms with Crippen LogP contribution in [0.25, 0.3) is 10.9 Å². The number of nitrogens with zero attached hydrogens (tertiary/aromatic N) is 2. The minimum atomic E-state index is 0.0307. The molecule has 29 heavy (non-hydrogen) atoms. The molecule has 0 amide bonds. The van der Waals surface area contributed by atoms with E-state index >= 15 is 0 Å². The van der Waals surface area contributed by atoms with Crippen molar-refractivity contribution in [3.63, 3.8) is 0 Å². The predicted octanol–water partition coefficient (Wildman–Crippen LogP) is 3.34. The van der Waals surface area contributed by atoms with Gasteiger partial charge in [0.05, 0.1) is 5.52 Å². The third-order valence-electron chi connectivity index (χ3n) is 5.65. The number of piperazine rings is 1. The molecule has 5 heteroatoms. The van der Waals surface area contributed by atoms with Crippen molar-refractivity contribution in [1.29, 1.82) is 0 Å². The van der Waals surface area contributed by atoms with Gasteiger partial charge in [-0.25, -0.2) is 0 Å². The molecule has 0 unspecified atom stereocenters. The number of ether oxygens (including phenoxy) is 1. The Morgan fingerprint density at radius 3 is 2.45 bits per heavy atom. The number of benzene rings is 2. The Kier molecular flexibility index (Phi) is 5.97. The Labute approximate surface area is 171 Å². The average molecular weight is 392 g/mol. The van der Waals surface area contributed by atoms with E-state index in [-0.39, 0.29) is 5.56 Å². The molecule has 1 aromatic heterocycles. The summed E-state index contributed by atoms with van der Waals surface area (Å²) >= 11 is 0. The number of para-hydroxylation sites is 1. The third-order valence-corrected chi connectivity index (χ3v) is 5.65. The van der Waals surface area contributed by atoms with E-state index in [1.165, 1.54) is 5.56 Å². The van der Waals surface area contributed by atoms with Crippen LogP contribution in [0.1, 0.15) is 16.7 Å². The molecule has 0 bridgehead atoms. The maximum Gasteiger partial charge on any atom is 0.252 e. The number of pyridine rings is 1. The van der Waals surface area contributed by atoms with E-state index in [4.69, 9.17) is 4.74 Å². The summed E-state index contributed by atoms with van der Waals surface area (Å²) in [6.07, 6.45) is 0. The highest BCUT2D eigenvalue weighted by molar-refractivity contribution is 5.82. The van der Waals surface area contributed by atoms with Crippen LogP contribution in [0.4, 0.5) is 0 Å². The van der Waals surface area contributed by atoms with Gasteiger partial charge in [0.2, 0.25) is 0 Å². The molecule has 1 fully saturated rings. The minimum Gasteiger partial charge on any atom is -0.492 e. The molecule has 3 aromatic rings. The zero-order valence-corrected chi connectivity index (χ0v) is 17.3. The van der Waals surface area contributed by atoms with Gasteiger partial charge >= 0.3 is 0 Å². The predicted molar refractivity (Wildman–Crippen MR) is 118 cm³/mol. The molecule has 1 N–H and O–H groups in total. The normalized spacial score (nSPS) is 15.7. The summed E-state index contributed by atoms with van der Waals surface area (Å²) in [5, 5.41) is 1.12. The monoisotopic (exact) mass is 391 g/mol. The lowest BCUT2D eigenvalue weighted by atomic mass is 10.1. The number of hydrogen-bond donors (Lipinski definition) is 1. The van der Waals surface area contributed by atoms with Crippen LogP contribution in [0, 0.1) is 13.8 Å². The van der Waals surface area contributed by atoms with Gasteiger partial charge in [-0.05, 0) is 49.1 Å².